The van der Waals surface area contributed by atoms with E-state index < -0.39 is 12.1 Å². The fourth-order valence-corrected chi connectivity index (χ4v) is 3.23. The van der Waals surface area contributed by atoms with E-state index in [1.165, 1.54) is 0 Å². The predicted octanol–water partition coefficient (Wildman–Crippen LogP) is 2.60. The van der Waals surface area contributed by atoms with Gasteiger partial charge in [-0.2, -0.15) is 0 Å². The highest BCUT2D eigenvalue weighted by Gasteiger charge is 2.31. The summed E-state index contributed by atoms with van der Waals surface area (Å²) >= 11 is 0. The maximum atomic E-state index is 12.8. The van der Waals surface area contributed by atoms with Crippen LogP contribution < -0.4 is 16.0 Å². The largest absolute Gasteiger partial charge is 0.343 e. The molecule has 1 saturated heterocycles. The SMILES string of the molecule is Cc1ccc(N2CCCC(NC(=O)[C@@H](N)Cc3ccccc3)C2=O)cc1.Cl. The van der Waals surface area contributed by atoms with E-state index in [0.717, 1.165) is 23.2 Å². The fraction of sp³-hybridized carbons (Fsp3) is 0.333. The fourth-order valence-electron chi connectivity index (χ4n) is 3.23. The lowest BCUT2D eigenvalue weighted by Gasteiger charge is -2.33. The summed E-state index contributed by atoms with van der Waals surface area (Å²) in [6.07, 6.45) is 1.94. The van der Waals surface area contributed by atoms with Crippen molar-refractivity contribution in [1.29, 1.82) is 0 Å². The normalized spacial score (nSPS) is 17.8. The molecule has 2 atom stereocenters. The quantitative estimate of drug-likeness (QED) is 0.828. The molecule has 1 heterocycles. The van der Waals surface area contributed by atoms with Crippen molar-refractivity contribution in [3.8, 4) is 0 Å². The van der Waals surface area contributed by atoms with Gasteiger partial charge in [-0.1, -0.05) is 48.0 Å². The number of nitrogens with one attached hydrogen (secondary N) is 1. The molecule has 6 heteroatoms. The molecule has 1 aliphatic rings. The maximum Gasteiger partial charge on any atom is 0.249 e. The first kappa shape index (κ1) is 20.9. The summed E-state index contributed by atoms with van der Waals surface area (Å²) in [5.41, 5.74) is 9.06. The first-order valence-corrected chi connectivity index (χ1v) is 9.02. The Morgan fingerprint density at radius 1 is 1.19 bits per heavy atom. The summed E-state index contributed by atoms with van der Waals surface area (Å²) in [5, 5.41) is 2.84. The molecule has 0 saturated carbocycles. The molecule has 0 radical (unpaired) electrons. The van der Waals surface area contributed by atoms with Crippen LogP contribution >= 0.6 is 12.4 Å². The molecule has 0 aliphatic carbocycles. The van der Waals surface area contributed by atoms with E-state index in [1.54, 1.807) is 4.90 Å². The van der Waals surface area contributed by atoms with Gasteiger partial charge < -0.3 is 16.0 Å². The lowest BCUT2D eigenvalue weighted by atomic mass is 10.0. The lowest BCUT2D eigenvalue weighted by molar-refractivity contribution is -0.129. The number of hydrogen-bond donors (Lipinski definition) is 2. The molecular formula is C21H26ClN3O2. The van der Waals surface area contributed by atoms with E-state index in [4.69, 9.17) is 5.73 Å². The molecular weight excluding hydrogens is 362 g/mol. The molecule has 5 nitrogen and oxygen atoms in total. The van der Waals surface area contributed by atoms with Crippen LogP contribution in [0.15, 0.2) is 54.6 Å². The van der Waals surface area contributed by atoms with Crippen molar-refractivity contribution in [2.24, 2.45) is 5.73 Å². The van der Waals surface area contributed by atoms with E-state index in [2.05, 4.69) is 5.32 Å². The van der Waals surface area contributed by atoms with Crippen LogP contribution in [0.4, 0.5) is 5.69 Å². The van der Waals surface area contributed by atoms with Crippen molar-refractivity contribution in [1.82, 2.24) is 5.32 Å². The number of halogens is 1. The van der Waals surface area contributed by atoms with E-state index in [1.807, 2.05) is 61.5 Å². The van der Waals surface area contributed by atoms with Gasteiger partial charge in [-0.3, -0.25) is 9.59 Å². The minimum Gasteiger partial charge on any atom is -0.343 e. The van der Waals surface area contributed by atoms with Gasteiger partial charge in [-0.05, 0) is 43.9 Å². The van der Waals surface area contributed by atoms with Crippen LogP contribution in [0.2, 0.25) is 0 Å². The van der Waals surface area contributed by atoms with Gasteiger partial charge >= 0.3 is 0 Å². The van der Waals surface area contributed by atoms with Crippen molar-refractivity contribution < 1.29 is 9.59 Å². The van der Waals surface area contributed by atoms with Gasteiger partial charge in [-0.25, -0.2) is 0 Å². The monoisotopic (exact) mass is 387 g/mol. The molecule has 3 N–H and O–H groups in total. The second kappa shape index (κ2) is 9.53. The van der Waals surface area contributed by atoms with Crippen LogP contribution in [0.25, 0.3) is 0 Å². The third kappa shape index (κ3) is 5.31. The molecule has 3 rings (SSSR count). The highest BCUT2D eigenvalue weighted by molar-refractivity contribution is 6.00. The minimum absolute atomic E-state index is 0. The first-order valence-electron chi connectivity index (χ1n) is 9.02. The summed E-state index contributed by atoms with van der Waals surface area (Å²) in [7, 11) is 0. The summed E-state index contributed by atoms with van der Waals surface area (Å²) in [5.74, 6) is -0.349. The predicted molar refractivity (Wildman–Crippen MR) is 110 cm³/mol. The van der Waals surface area contributed by atoms with Gasteiger partial charge in [0, 0.05) is 12.2 Å². The number of aryl methyl sites for hydroxylation is 1. The molecule has 0 spiro atoms. The van der Waals surface area contributed by atoms with Crippen LogP contribution in [0, 0.1) is 6.92 Å². The Morgan fingerprint density at radius 2 is 1.85 bits per heavy atom. The average molecular weight is 388 g/mol. The number of benzene rings is 2. The number of rotatable bonds is 5. The van der Waals surface area contributed by atoms with Crippen molar-refractivity contribution >= 4 is 29.9 Å². The lowest BCUT2D eigenvalue weighted by Crippen LogP contribution is -2.55. The number of carbonyl (C=O) groups excluding carboxylic acids is 2. The summed E-state index contributed by atoms with van der Waals surface area (Å²) < 4.78 is 0. The number of anilines is 1. The van der Waals surface area contributed by atoms with Gasteiger partial charge in [-0.15, -0.1) is 12.4 Å². The highest BCUT2D eigenvalue weighted by atomic mass is 35.5. The summed E-state index contributed by atoms with van der Waals surface area (Å²) in [6, 6.07) is 16.3. The third-order valence-electron chi connectivity index (χ3n) is 4.74. The molecule has 2 aromatic carbocycles. The number of amides is 2. The van der Waals surface area contributed by atoms with E-state index in [9.17, 15) is 9.59 Å². The second-order valence-electron chi connectivity index (χ2n) is 6.83. The Labute approximate surface area is 166 Å². The van der Waals surface area contributed by atoms with Crippen LogP contribution in [-0.4, -0.2) is 30.4 Å². The molecule has 144 valence electrons. The highest BCUT2D eigenvalue weighted by Crippen LogP contribution is 2.21. The molecule has 0 bridgehead atoms. The second-order valence-corrected chi connectivity index (χ2v) is 6.83. The van der Waals surface area contributed by atoms with Crippen molar-refractivity contribution in [3.05, 3.63) is 65.7 Å². The zero-order valence-electron chi connectivity index (χ0n) is 15.4. The zero-order chi connectivity index (χ0) is 18.5. The van der Waals surface area contributed by atoms with Crippen LogP contribution in [0.1, 0.15) is 24.0 Å². The van der Waals surface area contributed by atoms with E-state index >= 15 is 0 Å². The number of hydrogen-bond acceptors (Lipinski definition) is 3. The Balaban J connectivity index is 0.00000261. The number of carbonyl (C=O) groups is 2. The number of piperidine rings is 1. The van der Waals surface area contributed by atoms with Crippen LogP contribution in [0.3, 0.4) is 0 Å². The van der Waals surface area contributed by atoms with Crippen molar-refractivity contribution in [3.63, 3.8) is 0 Å². The smallest absolute Gasteiger partial charge is 0.249 e. The van der Waals surface area contributed by atoms with Gasteiger partial charge in [0.15, 0.2) is 0 Å². The summed E-state index contributed by atoms with van der Waals surface area (Å²) in [4.78, 5) is 27.0. The average Bonchev–Trinajstić information content (AvgIpc) is 2.65. The molecule has 1 aliphatic heterocycles. The Hall–Kier alpha value is -2.37. The van der Waals surface area contributed by atoms with E-state index in [0.29, 0.717) is 19.4 Å². The zero-order valence-corrected chi connectivity index (χ0v) is 16.2. The first-order chi connectivity index (χ1) is 12.5. The Morgan fingerprint density at radius 3 is 2.52 bits per heavy atom. The molecule has 1 unspecified atom stereocenters. The molecule has 2 aromatic rings. The van der Waals surface area contributed by atoms with Crippen LogP contribution in [-0.2, 0) is 16.0 Å². The standard InChI is InChI=1S/C21H25N3O2.ClH/c1-15-9-11-17(12-10-15)24-13-5-8-19(21(24)26)23-20(25)18(22)14-16-6-3-2-4-7-16;/h2-4,6-7,9-12,18-19H,5,8,13-14,22H2,1H3,(H,23,25);1H/t18-,19?;/m0./s1. The third-order valence-corrected chi connectivity index (χ3v) is 4.74. The number of nitrogens with zero attached hydrogens (tertiary/aromatic N) is 1. The topological polar surface area (TPSA) is 75.4 Å². The van der Waals surface area contributed by atoms with Crippen molar-refractivity contribution in [2.45, 2.75) is 38.3 Å². The van der Waals surface area contributed by atoms with E-state index in [-0.39, 0.29) is 24.2 Å². The molecule has 2 amide bonds. The molecule has 27 heavy (non-hydrogen) atoms. The van der Waals surface area contributed by atoms with Gasteiger partial charge in [0.2, 0.25) is 11.8 Å². The van der Waals surface area contributed by atoms with Gasteiger partial charge in [0.25, 0.3) is 0 Å². The minimum atomic E-state index is -0.667. The molecule has 0 aromatic heterocycles. The van der Waals surface area contributed by atoms with Crippen molar-refractivity contribution in [2.75, 3.05) is 11.4 Å². The Bertz CT molecular complexity index is 765. The van der Waals surface area contributed by atoms with Gasteiger partial charge in [0.1, 0.15) is 6.04 Å². The summed E-state index contributed by atoms with van der Waals surface area (Å²) in [6.45, 7) is 2.68. The van der Waals surface area contributed by atoms with Gasteiger partial charge in [0.05, 0.1) is 6.04 Å². The van der Waals surface area contributed by atoms with Crippen LogP contribution in [0.5, 0.6) is 0 Å². The Kier molecular flexibility index (Phi) is 7.39. The maximum absolute atomic E-state index is 12.8. The number of nitrogens with two attached hydrogens (primary N) is 1. The molecule has 1 fully saturated rings.